The van der Waals surface area contributed by atoms with Gasteiger partial charge in [-0.15, -0.1) is 0 Å². The monoisotopic (exact) mass is 272 g/mol. The molecular formula is C9H9BrN2O3. The van der Waals surface area contributed by atoms with Crippen molar-refractivity contribution in [1.29, 1.82) is 0 Å². The van der Waals surface area contributed by atoms with Gasteiger partial charge in [0.25, 0.3) is 0 Å². The molecule has 0 bridgehead atoms. The Hall–Kier alpha value is -1.43. The number of hydrogen-bond acceptors (Lipinski definition) is 3. The van der Waals surface area contributed by atoms with Crippen molar-refractivity contribution in [3.8, 4) is 0 Å². The summed E-state index contributed by atoms with van der Waals surface area (Å²) in [6.07, 6.45) is 0.458. The van der Waals surface area contributed by atoms with Gasteiger partial charge in [0, 0.05) is 24.7 Å². The lowest BCUT2D eigenvalue weighted by Crippen LogP contribution is -2.23. The summed E-state index contributed by atoms with van der Waals surface area (Å²) >= 11 is 3.15. The van der Waals surface area contributed by atoms with Crippen LogP contribution in [0.15, 0.2) is 22.9 Å². The van der Waals surface area contributed by atoms with Crippen molar-refractivity contribution in [2.75, 3.05) is 6.54 Å². The quantitative estimate of drug-likeness (QED) is 0.646. The second kappa shape index (κ2) is 5.45. The molecule has 0 aliphatic heterocycles. The molecule has 80 valence electrons. The van der Waals surface area contributed by atoms with Crippen molar-refractivity contribution >= 4 is 27.8 Å². The molecule has 2 N–H and O–H groups in total. The maximum absolute atomic E-state index is 11.4. The Morgan fingerprint density at radius 3 is 2.73 bits per heavy atom. The lowest BCUT2D eigenvalue weighted by molar-refractivity contribution is 0.0982. The van der Waals surface area contributed by atoms with Gasteiger partial charge >= 0.3 is 6.09 Å². The molecule has 1 amide bonds. The molecule has 0 saturated heterocycles. The number of carboxylic acid groups (broad SMARTS) is 1. The van der Waals surface area contributed by atoms with Gasteiger partial charge in [-0.05, 0) is 28.1 Å². The average Bonchev–Trinajstić information content (AvgIpc) is 2.18. The van der Waals surface area contributed by atoms with Crippen LogP contribution in [0.4, 0.5) is 4.79 Å². The summed E-state index contributed by atoms with van der Waals surface area (Å²) in [5.74, 6) is -0.135. The molecule has 1 aromatic rings. The summed E-state index contributed by atoms with van der Waals surface area (Å²) in [4.78, 5) is 25.5. The summed E-state index contributed by atoms with van der Waals surface area (Å²) in [7, 11) is 0. The number of halogens is 1. The molecule has 0 atom stereocenters. The van der Waals surface area contributed by atoms with Crippen LogP contribution in [0, 0.1) is 0 Å². The number of Topliss-reactive ketones (excluding diaryl/α,β-unsaturated/α-hetero) is 1. The second-order valence-corrected chi connectivity index (χ2v) is 3.59. The number of ketones is 1. The van der Waals surface area contributed by atoms with Gasteiger partial charge in [-0.2, -0.15) is 0 Å². The van der Waals surface area contributed by atoms with Gasteiger partial charge in [-0.25, -0.2) is 9.78 Å². The van der Waals surface area contributed by atoms with E-state index in [2.05, 4.69) is 26.2 Å². The molecule has 0 radical (unpaired) electrons. The van der Waals surface area contributed by atoms with Crippen LogP contribution in [0.5, 0.6) is 0 Å². The van der Waals surface area contributed by atoms with Crippen LogP contribution in [0.2, 0.25) is 0 Å². The van der Waals surface area contributed by atoms with Gasteiger partial charge in [0.15, 0.2) is 5.78 Å². The number of nitrogens with zero attached hydrogens (tertiary/aromatic N) is 1. The highest BCUT2D eigenvalue weighted by Gasteiger charge is 2.06. The highest BCUT2D eigenvalue weighted by molar-refractivity contribution is 9.10. The molecule has 0 spiro atoms. The topological polar surface area (TPSA) is 79.3 Å². The van der Waals surface area contributed by atoms with E-state index in [0.717, 1.165) is 0 Å². The van der Waals surface area contributed by atoms with E-state index in [9.17, 15) is 9.59 Å². The fourth-order valence-corrected chi connectivity index (χ4v) is 1.20. The predicted octanol–water partition coefficient (Wildman–Crippen LogP) is 1.68. The molecule has 1 heterocycles. The summed E-state index contributed by atoms with van der Waals surface area (Å²) in [6.45, 7) is 0.115. The average molecular weight is 273 g/mol. The molecule has 0 unspecified atom stereocenters. The third-order valence-electron chi connectivity index (χ3n) is 1.68. The molecule has 0 aliphatic rings. The number of pyridine rings is 1. The van der Waals surface area contributed by atoms with Crippen LogP contribution in [-0.4, -0.2) is 28.5 Å². The lowest BCUT2D eigenvalue weighted by Gasteiger charge is -2.00. The Bertz CT molecular complexity index is 364. The highest BCUT2D eigenvalue weighted by Crippen LogP contribution is 2.07. The van der Waals surface area contributed by atoms with E-state index in [0.29, 0.717) is 10.2 Å². The van der Waals surface area contributed by atoms with Crippen LogP contribution in [-0.2, 0) is 0 Å². The van der Waals surface area contributed by atoms with Gasteiger partial charge in [0.2, 0.25) is 0 Å². The van der Waals surface area contributed by atoms with Crippen LogP contribution >= 0.6 is 15.9 Å². The minimum atomic E-state index is -1.13. The number of carbonyl (C=O) groups excluding carboxylic acids is 1. The maximum Gasteiger partial charge on any atom is 0.404 e. The van der Waals surface area contributed by atoms with Crippen LogP contribution in [0.3, 0.4) is 0 Å². The Labute approximate surface area is 94.6 Å². The smallest absolute Gasteiger partial charge is 0.404 e. The Morgan fingerprint density at radius 2 is 2.20 bits per heavy atom. The summed E-state index contributed by atoms with van der Waals surface area (Å²) in [5.41, 5.74) is 0.477. The molecule has 0 saturated carbocycles. The number of amides is 1. The fourth-order valence-electron chi connectivity index (χ4n) is 0.968. The zero-order valence-electron chi connectivity index (χ0n) is 7.74. The predicted molar refractivity (Wildman–Crippen MR) is 56.9 cm³/mol. The first-order valence-corrected chi connectivity index (χ1v) is 5.00. The molecule has 0 aliphatic carbocycles. The van der Waals surface area contributed by atoms with Gasteiger partial charge in [0.1, 0.15) is 4.60 Å². The van der Waals surface area contributed by atoms with Crippen LogP contribution in [0.1, 0.15) is 16.8 Å². The van der Waals surface area contributed by atoms with E-state index in [1.165, 1.54) is 6.20 Å². The van der Waals surface area contributed by atoms with Gasteiger partial charge < -0.3 is 10.4 Å². The number of rotatable bonds is 4. The Balaban J connectivity index is 2.47. The largest absolute Gasteiger partial charge is 0.465 e. The zero-order valence-corrected chi connectivity index (χ0v) is 9.32. The first-order valence-electron chi connectivity index (χ1n) is 4.21. The zero-order chi connectivity index (χ0) is 11.3. The first kappa shape index (κ1) is 11.6. The van der Waals surface area contributed by atoms with E-state index in [1.807, 2.05) is 0 Å². The van der Waals surface area contributed by atoms with Gasteiger partial charge in [-0.1, -0.05) is 0 Å². The molecule has 5 nitrogen and oxygen atoms in total. The first-order chi connectivity index (χ1) is 7.09. The van der Waals surface area contributed by atoms with E-state index in [1.54, 1.807) is 12.1 Å². The molecule has 15 heavy (non-hydrogen) atoms. The third-order valence-corrected chi connectivity index (χ3v) is 2.15. The van der Waals surface area contributed by atoms with Crippen molar-refractivity contribution < 1.29 is 14.7 Å². The van der Waals surface area contributed by atoms with Crippen molar-refractivity contribution in [3.63, 3.8) is 0 Å². The van der Waals surface area contributed by atoms with Crippen molar-refractivity contribution in [2.24, 2.45) is 0 Å². The minimum absolute atomic E-state index is 0.115. The number of aromatic nitrogens is 1. The Kier molecular flexibility index (Phi) is 4.23. The highest BCUT2D eigenvalue weighted by atomic mass is 79.9. The SMILES string of the molecule is O=C(O)NCCC(=O)c1ccc(Br)nc1. The standard InChI is InChI=1S/C9H9BrN2O3/c10-8-2-1-6(5-12-8)7(13)3-4-11-9(14)15/h1-2,5,11H,3-4H2,(H,14,15). The molecule has 6 heteroatoms. The van der Waals surface area contributed by atoms with E-state index < -0.39 is 6.09 Å². The maximum atomic E-state index is 11.4. The fraction of sp³-hybridized carbons (Fsp3) is 0.222. The molecule has 0 aromatic carbocycles. The van der Waals surface area contributed by atoms with E-state index >= 15 is 0 Å². The Morgan fingerprint density at radius 1 is 1.47 bits per heavy atom. The summed E-state index contributed by atoms with van der Waals surface area (Å²) < 4.78 is 0.655. The van der Waals surface area contributed by atoms with E-state index in [-0.39, 0.29) is 18.7 Å². The third kappa shape index (κ3) is 4.07. The minimum Gasteiger partial charge on any atom is -0.465 e. The van der Waals surface area contributed by atoms with Crippen molar-refractivity contribution in [1.82, 2.24) is 10.3 Å². The van der Waals surface area contributed by atoms with Gasteiger partial charge in [-0.3, -0.25) is 4.79 Å². The van der Waals surface area contributed by atoms with Crippen LogP contribution in [0.25, 0.3) is 0 Å². The molecule has 0 fully saturated rings. The van der Waals surface area contributed by atoms with Crippen LogP contribution < -0.4 is 5.32 Å². The van der Waals surface area contributed by atoms with Gasteiger partial charge in [0.05, 0.1) is 0 Å². The van der Waals surface area contributed by atoms with E-state index in [4.69, 9.17) is 5.11 Å². The number of carbonyl (C=O) groups is 2. The molecular weight excluding hydrogens is 264 g/mol. The normalized spacial score (nSPS) is 9.67. The number of hydrogen-bond donors (Lipinski definition) is 2. The molecule has 1 aromatic heterocycles. The lowest BCUT2D eigenvalue weighted by atomic mass is 10.1. The summed E-state index contributed by atoms with van der Waals surface area (Å²) in [6, 6.07) is 3.30. The molecule has 1 rings (SSSR count). The van der Waals surface area contributed by atoms with Crippen molar-refractivity contribution in [3.05, 3.63) is 28.5 Å². The van der Waals surface area contributed by atoms with Crippen molar-refractivity contribution in [2.45, 2.75) is 6.42 Å². The summed E-state index contributed by atoms with van der Waals surface area (Å²) in [5, 5.41) is 10.4. The second-order valence-electron chi connectivity index (χ2n) is 2.77. The number of nitrogens with one attached hydrogen (secondary N) is 1.